The lowest BCUT2D eigenvalue weighted by Gasteiger charge is -2.18. The molecule has 0 radical (unpaired) electrons. The summed E-state index contributed by atoms with van der Waals surface area (Å²) < 4.78 is 7.04. The van der Waals surface area contributed by atoms with E-state index >= 15 is 0 Å². The van der Waals surface area contributed by atoms with Crippen molar-refractivity contribution in [2.24, 2.45) is 5.92 Å². The molecule has 3 aromatic heterocycles. The molecule has 5 rings (SSSR count). The zero-order valence-corrected chi connectivity index (χ0v) is 21.2. The monoisotopic (exact) mass is 494 g/mol. The molecule has 176 valence electrons. The summed E-state index contributed by atoms with van der Waals surface area (Å²) in [5, 5.41) is 14.0. The second-order valence-corrected chi connectivity index (χ2v) is 10.9. The van der Waals surface area contributed by atoms with Gasteiger partial charge in [-0.1, -0.05) is 36.9 Å². The van der Waals surface area contributed by atoms with Crippen LogP contribution < -0.4 is 5.32 Å². The van der Waals surface area contributed by atoms with Crippen molar-refractivity contribution in [2.45, 2.75) is 45.2 Å². The Hall–Kier alpha value is -2.91. The number of ether oxygens (including phenoxy) is 1. The molecule has 1 aliphatic carbocycles. The van der Waals surface area contributed by atoms with Gasteiger partial charge in [0, 0.05) is 10.3 Å². The Labute approximate surface area is 205 Å². The van der Waals surface area contributed by atoms with Crippen LogP contribution in [0.1, 0.15) is 45.3 Å². The molecule has 4 aromatic rings. The molecule has 9 heteroatoms. The number of carbonyl (C=O) groups is 2. The molecule has 34 heavy (non-hydrogen) atoms. The first-order valence-corrected chi connectivity index (χ1v) is 13.1. The number of aryl methyl sites for hydroxylation is 2. The number of amides is 1. The third-order valence-electron chi connectivity index (χ3n) is 6.38. The van der Waals surface area contributed by atoms with Crippen molar-refractivity contribution in [3.63, 3.8) is 0 Å². The van der Waals surface area contributed by atoms with Crippen molar-refractivity contribution in [1.82, 2.24) is 14.6 Å². The Kier molecular flexibility index (Phi) is 6.07. The maximum Gasteiger partial charge on any atom is 0.341 e. The van der Waals surface area contributed by atoms with E-state index in [2.05, 4.69) is 48.4 Å². The number of thioether (sulfide) groups is 1. The predicted molar refractivity (Wildman–Crippen MR) is 136 cm³/mol. The number of esters is 1. The van der Waals surface area contributed by atoms with Gasteiger partial charge in [-0.3, -0.25) is 9.20 Å². The third kappa shape index (κ3) is 3.96. The van der Waals surface area contributed by atoms with Crippen LogP contribution in [-0.4, -0.2) is 39.3 Å². The van der Waals surface area contributed by atoms with Gasteiger partial charge in [0.15, 0.2) is 10.8 Å². The number of benzene rings is 1. The Morgan fingerprint density at radius 2 is 2.09 bits per heavy atom. The van der Waals surface area contributed by atoms with Gasteiger partial charge in [-0.05, 0) is 61.8 Å². The zero-order chi connectivity index (χ0) is 24.0. The molecule has 1 N–H and O–H groups in total. The van der Waals surface area contributed by atoms with Crippen LogP contribution in [0.25, 0.3) is 16.6 Å². The second-order valence-electron chi connectivity index (χ2n) is 8.86. The van der Waals surface area contributed by atoms with Gasteiger partial charge >= 0.3 is 5.97 Å². The molecule has 1 atom stereocenters. The summed E-state index contributed by atoms with van der Waals surface area (Å²) in [6, 6.07) is 8.21. The molecule has 1 amide bonds. The number of fused-ring (bicyclic) bond motifs is 4. The van der Waals surface area contributed by atoms with E-state index < -0.39 is 5.97 Å². The number of rotatable bonds is 5. The molecule has 0 bridgehead atoms. The van der Waals surface area contributed by atoms with Gasteiger partial charge in [-0.25, -0.2) is 4.79 Å². The van der Waals surface area contributed by atoms with Gasteiger partial charge in [0.2, 0.25) is 5.91 Å². The van der Waals surface area contributed by atoms with Crippen molar-refractivity contribution in [3.8, 4) is 0 Å². The molecule has 1 unspecified atom stereocenters. The standard InChI is InChI=1S/C25H26N4O3S2/c1-13-8-9-17-18(10-13)34-23(21(17)24(31)32-4)26-20(30)12-33-25-28-27-19-11-15(3)16-7-5-6-14(2)22(16)29(19)25/h5-7,11,13H,8-10,12H2,1-4H3,(H,26,30). The molecule has 1 aromatic carbocycles. The summed E-state index contributed by atoms with van der Waals surface area (Å²) in [6.45, 7) is 6.35. The number of para-hydroxylation sites is 1. The lowest BCUT2D eigenvalue weighted by atomic mass is 9.88. The van der Waals surface area contributed by atoms with Gasteiger partial charge in [-0.15, -0.1) is 21.5 Å². The number of thiophene rings is 1. The molecular formula is C25H26N4O3S2. The van der Waals surface area contributed by atoms with Crippen molar-refractivity contribution < 1.29 is 14.3 Å². The smallest absolute Gasteiger partial charge is 0.341 e. The van der Waals surface area contributed by atoms with E-state index in [9.17, 15) is 9.59 Å². The average Bonchev–Trinajstić information content (AvgIpc) is 3.37. The average molecular weight is 495 g/mol. The van der Waals surface area contributed by atoms with Crippen LogP contribution in [0, 0.1) is 19.8 Å². The SMILES string of the molecule is COC(=O)c1c(NC(=O)CSc2nnc3cc(C)c4cccc(C)c4n23)sc2c1CCC(C)C2. The predicted octanol–water partition coefficient (Wildman–Crippen LogP) is 5.20. The lowest BCUT2D eigenvalue weighted by Crippen LogP contribution is -2.17. The lowest BCUT2D eigenvalue weighted by molar-refractivity contribution is -0.113. The highest BCUT2D eigenvalue weighted by molar-refractivity contribution is 7.99. The van der Waals surface area contributed by atoms with Crippen molar-refractivity contribution in [2.75, 3.05) is 18.2 Å². The summed E-state index contributed by atoms with van der Waals surface area (Å²) in [4.78, 5) is 26.6. The van der Waals surface area contributed by atoms with Gasteiger partial charge in [-0.2, -0.15) is 0 Å². The van der Waals surface area contributed by atoms with E-state index in [0.29, 0.717) is 21.6 Å². The minimum Gasteiger partial charge on any atom is -0.465 e. The summed E-state index contributed by atoms with van der Waals surface area (Å²) in [6.07, 6.45) is 2.79. The fourth-order valence-corrected chi connectivity index (χ4v) is 6.83. The topological polar surface area (TPSA) is 85.6 Å². The number of pyridine rings is 1. The van der Waals surface area contributed by atoms with Crippen molar-refractivity contribution in [1.29, 1.82) is 0 Å². The molecule has 0 fully saturated rings. The Bertz CT molecular complexity index is 1440. The summed E-state index contributed by atoms with van der Waals surface area (Å²) in [5.74, 6) is 0.142. The van der Waals surface area contributed by atoms with E-state index in [1.165, 1.54) is 35.1 Å². The van der Waals surface area contributed by atoms with E-state index in [1.54, 1.807) is 0 Å². The number of carbonyl (C=O) groups excluding carboxylic acids is 2. The summed E-state index contributed by atoms with van der Waals surface area (Å²) in [7, 11) is 1.38. The Balaban J connectivity index is 1.41. The number of aromatic nitrogens is 3. The van der Waals surface area contributed by atoms with Gasteiger partial charge in [0.1, 0.15) is 5.00 Å². The zero-order valence-electron chi connectivity index (χ0n) is 19.6. The first kappa shape index (κ1) is 22.9. The summed E-state index contributed by atoms with van der Waals surface area (Å²) in [5.41, 5.74) is 5.61. The molecule has 0 saturated heterocycles. The quantitative estimate of drug-likeness (QED) is 0.303. The number of nitrogens with zero attached hydrogens (tertiary/aromatic N) is 3. The van der Waals surface area contributed by atoms with Crippen LogP contribution in [-0.2, 0) is 22.4 Å². The normalized spacial score (nSPS) is 15.5. The molecule has 1 aliphatic rings. The van der Waals surface area contributed by atoms with E-state index in [4.69, 9.17) is 4.74 Å². The first-order valence-electron chi connectivity index (χ1n) is 11.3. The van der Waals surface area contributed by atoms with Gasteiger partial charge in [0.05, 0.1) is 23.9 Å². The number of anilines is 1. The largest absolute Gasteiger partial charge is 0.465 e. The highest BCUT2D eigenvalue weighted by Gasteiger charge is 2.29. The van der Waals surface area contributed by atoms with Gasteiger partial charge in [0.25, 0.3) is 0 Å². The molecule has 3 heterocycles. The van der Waals surface area contributed by atoms with Crippen LogP contribution in [0.3, 0.4) is 0 Å². The summed E-state index contributed by atoms with van der Waals surface area (Å²) >= 11 is 2.83. The van der Waals surface area contributed by atoms with Gasteiger partial charge < -0.3 is 10.1 Å². The molecule has 7 nitrogen and oxygen atoms in total. The first-order chi connectivity index (χ1) is 16.4. The van der Waals surface area contributed by atoms with E-state index in [1.807, 2.05) is 16.5 Å². The number of hydrogen-bond donors (Lipinski definition) is 1. The number of methoxy groups -OCH3 is 1. The Morgan fingerprint density at radius 3 is 2.88 bits per heavy atom. The fourth-order valence-electron chi connectivity index (χ4n) is 4.67. The minimum atomic E-state index is -0.393. The van der Waals surface area contributed by atoms with Crippen LogP contribution >= 0.6 is 23.1 Å². The number of hydrogen-bond acceptors (Lipinski definition) is 7. The molecule has 0 saturated carbocycles. The molecular weight excluding hydrogens is 468 g/mol. The van der Waals surface area contributed by atoms with Crippen molar-refractivity contribution in [3.05, 3.63) is 51.4 Å². The second kappa shape index (κ2) is 9.03. The minimum absolute atomic E-state index is 0.154. The highest BCUT2D eigenvalue weighted by Crippen LogP contribution is 2.40. The number of nitrogens with one attached hydrogen (secondary N) is 1. The highest BCUT2D eigenvalue weighted by atomic mass is 32.2. The van der Waals surface area contributed by atoms with Crippen molar-refractivity contribution >= 4 is 56.5 Å². The fraction of sp³-hybridized carbons (Fsp3) is 0.360. The van der Waals surface area contributed by atoms with Crippen LogP contribution in [0.15, 0.2) is 29.4 Å². The third-order valence-corrected chi connectivity index (χ3v) is 8.48. The Morgan fingerprint density at radius 1 is 1.26 bits per heavy atom. The van der Waals surface area contributed by atoms with Crippen LogP contribution in [0.5, 0.6) is 0 Å². The van der Waals surface area contributed by atoms with Crippen LogP contribution in [0.4, 0.5) is 5.00 Å². The van der Waals surface area contributed by atoms with E-state index in [-0.39, 0.29) is 11.7 Å². The maximum absolute atomic E-state index is 12.9. The maximum atomic E-state index is 12.9. The molecule has 0 spiro atoms. The molecule has 0 aliphatic heterocycles. The van der Waals surface area contributed by atoms with E-state index in [0.717, 1.165) is 52.5 Å². The van der Waals surface area contributed by atoms with Crippen LogP contribution in [0.2, 0.25) is 0 Å².